The van der Waals surface area contributed by atoms with Gasteiger partial charge in [0.15, 0.2) is 0 Å². The Hall–Kier alpha value is -1.68. The molecule has 0 aliphatic carbocycles. The molecule has 0 amide bonds. The normalized spacial score (nSPS) is 12.7. The van der Waals surface area contributed by atoms with Gasteiger partial charge in [-0.15, -0.1) is 0 Å². The maximum Gasteiger partial charge on any atom is 0.129 e. The molecule has 2 rings (SSSR count). The lowest BCUT2D eigenvalue weighted by Gasteiger charge is -2.09. The minimum absolute atomic E-state index is 0.112. The first-order chi connectivity index (χ1) is 8.08. The Morgan fingerprint density at radius 1 is 1.29 bits per heavy atom. The quantitative estimate of drug-likeness (QED) is 0.891. The Balaban J connectivity index is 2.21. The highest BCUT2D eigenvalue weighted by molar-refractivity contribution is 5.23. The average molecular weight is 238 g/mol. The van der Waals surface area contributed by atoms with E-state index in [1.54, 1.807) is 13.0 Å². The van der Waals surface area contributed by atoms with Crippen LogP contribution in [0.5, 0.6) is 0 Å². The summed E-state index contributed by atoms with van der Waals surface area (Å²) in [5.41, 5.74) is 0.406. The van der Waals surface area contributed by atoms with Crippen molar-refractivity contribution in [1.29, 1.82) is 0 Å². The van der Waals surface area contributed by atoms with Crippen molar-refractivity contribution in [2.24, 2.45) is 0 Å². The number of hydrogen-bond donors (Lipinski definition) is 1. The molecule has 1 aromatic carbocycles. The number of aliphatic hydroxyl groups is 1. The molecule has 17 heavy (non-hydrogen) atoms. The molecule has 0 saturated heterocycles. The van der Waals surface area contributed by atoms with Crippen LogP contribution >= 0.6 is 0 Å². The minimum Gasteiger partial charge on any atom is -0.469 e. The lowest BCUT2D eigenvalue weighted by atomic mass is 10.0. The van der Waals surface area contributed by atoms with E-state index in [0.717, 1.165) is 0 Å². The largest absolute Gasteiger partial charge is 0.469 e. The van der Waals surface area contributed by atoms with Gasteiger partial charge in [-0.2, -0.15) is 0 Å². The Morgan fingerprint density at radius 3 is 2.47 bits per heavy atom. The molecule has 1 aromatic heterocycles. The molecule has 90 valence electrons. The maximum atomic E-state index is 13.4. The first kappa shape index (κ1) is 11.8. The second kappa shape index (κ2) is 4.67. The van der Waals surface area contributed by atoms with Gasteiger partial charge in [0.1, 0.15) is 17.4 Å². The fraction of sp³-hybridized carbons (Fsp3) is 0.231. The molecular formula is C13H12F2O2. The van der Waals surface area contributed by atoms with Gasteiger partial charge in [0.25, 0.3) is 0 Å². The maximum absolute atomic E-state index is 13.4. The third-order valence-electron chi connectivity index (χ3n) is 2.59. The topological polar surface area (TPSA) is 33.4 Å². The van der Waals surface area contributed by atoms with Gasteiger partial charge in [0.05, 0.1) is 12.4 Å². The molecule has 2 nitrogen and oxygen atoms in total. The van der Waals surface area contributed by atoms with Crippen LogP contribution in [0, 0.1) is 18.6 Å². The number of rotatable bonds is 3. The molecular weight excluding hydrogens is 226 g/mol. The molecule has 4 heteroatoms. The van der Waals surface area contributed by atoms with Crippen LogP contribution in [0.25, 0.3) is 0 Å². The van der Waals surface area contributed by atoms with Crippen LogP contribution in [0.1, 0.15) is 23.0 Å². The minimum atomic E-state index is -0.973. The molecule has 0 bridgehead atoms. The van der Waals surface area contributed by atoms with Crippen molar-refractivity contribution in [2.75, 3.05) is 0 Å². The van der Waals surface area contributed by atoms with Gasteiger partial charge in [-0.1, -0.05) is 6.07 Å². The summed E-state index contributed by atoms with van der Waals surface area (Å²) < 4.78 is 31.8. The van der Waals surface area contributed by atoms with Crippen molar-refractivity contribution in [2.45, 2.75) is 19.4 Å². The molecule has 0 radical (unpaired) electrons. The van der Waals surface area contributed by atoms with E-state index in [2.05, 4.69) is 0 Å². The van der Waals surface area contributed by atoms with Gasteiger partial charge >= 0.3 is 0 Å². The highest BCUT2D eigenvalue weighted by Crippen LogP contribution is 2.23. The van der Waals surface area contributed by atoms with E-state index in [1.807, 2.05) is 0 Å². The van der Waals surface area contributed by atoms with E-state index in [9.17, 15) is 13.9 Å². The third kappa shape index (κ3) is 2.53. The zero-order valence-electron chi connectivity index (χ0n) is 9.28. The van der Waals surface area contributed by atoms with E-state index in [1.165, 1.54) is 24.5 Å². The average Bonchev–Trinajstić information content (AvgIpc) is 2.70. The molecule has 0 spiro atoms. The summed E-state index contributed by atoms with van der Waals surface area (Å²) in [4.78, 5) is 0. The second-order valence-electron chi connectivity index (χ2n) is 3.91. The highest BCUT2D eigenvalue weighted by Gasteiger charge is 2.16. The Morgan fingerprint density at radius 2 is 1.94 bits per heavy atom. The Labute approximate surface area is 97.5 Å². The predicted molar refractivity (Wildman–Crippen MR) is 58.5 cm³/mol. The van der Waals surface area contributed by atoms with Crippen molar-refractivity contribution in [1.82, 2.24) is 0 Å². The monoisotopic (exact) mass is 238 g/mol. The van der Waals surface area contributed by atoms with Crippen molar-refractivity contribution in [3.63, 3.8) is 0 Å². The van der Waals surface area contributed by atoms with Crippen LogP contribution in [-0.4, -0.2) is 5.11 Å². The SMILES string of the molecule is Cc1cc(C(O)Cc2c(F)cccc2F)co1. The summed E-state index contributed by atoms with van der Waals surface area (Å²) >= 11 is 0. The van der Waals surface area contributed by atoms with Crippen LogP contribution in [-0.2, 0) is 6.42 Å². The molecule has 1 N–H and O–H groups in total. The number of aliphatic hydroxyl groups excluding tert-OH is 1. The molecule has 1 atom stereocenters. The second-order valence-corrected chi connectivity index (χ2v) is 3.91. The third-order valence-corrected chi connectivity index (χ3v) is 2.59. The summed E-state index contributed by atoms with van der Waals surface area (Å²) in [7, 11) is 0. The van der Waals surface area contributed by atoms with E-state index < -0.39 is 17.7 Å². The first-order valence-corrected chi connectivity index (χ1v) is 5.24. The molecule has 1 heterocycles. The van der Waals surface area contributed by atoms with Gasteiger partial charge in [-0.25, -0.2) is 8.78 Å². The van der Waals surface area contributed by atoms with Crippen LogP contribution in [0.3, 0.4) is 0 Å². The first-order valence-electron chi connectivity index (χ1n) is 5.24. The fourth-order valence-corrected chi connectivity index (χ4v) is 1.68. The van der Waals surface area contributed by atoms with E-state index >= 15 is 0 Å². The summed E-state index contributed by atoms with van der Waals surface area (Å²) in [5, 5.41) is 9.84. The van der Waals surface area contributed by atoms with Gasteiger partial charge in [-0.05, 0) is 25.1 Å². The molecule has 0 fully saturated rings. The van der Waals surface area contributed by atoms with Crippen molar-refractivity contribution in [3.8, 4) is 0 Å². The van der Waals surface area contributed by atoms with Gasteiger partial charge in [-0.3, -0.25) is 0 Å². The van der Waals surface area contributed by atoms with Crippen molar-refractivity contribution in [3.05, 3.63) is 59.1 Å². The van der Waals surface area contributed by atoms with Crippen LogP contribution in [0.15, 0.2) is 34.9 Å². The van der Waals surface area contributed by atoms with E-state index in [4.69, 9.17) is 4.42 Å². The lowest BCUT2D eigenvalue weighted by Crippen LogP contribution is -2.04. The Kier molecular flexibility index (Phi) is 3.24. The number of hydrogen-bond acceptors (Lipinski definition) is 2. The van der Waals surface area contributed by atoms with Crippen LogP contribution in [0.4, 0.5) is 8.78 Å². The number of halogens is 2. The van der Waals surface area contributed by atoms with E-state index in [-0.39, 0.29) is 12.0 Å². The summed E-state index contributed by atoms with van der Waals surface area (Å²) in [5.74, 6) is -0.651. The van der Waals surface area contributed by atoms with Gasteiger partial charge < -0.3 is 9.52 Å². The van der Waals surface area contributed by atoms with Gasteiger partial charge in [0, 0.05) is 17.5 Å². The molecule has 2 aromatic rings. The van der Waals surface area contributed by atoms with Crippen molar-refractivity contribution < 1.29 is 18.3 Å². The summed E-state index contributed by atoms with van der Waals surface area (Å²) in [6.07, 6.45) is 0.301. The van der Waals surface area contributed by atoms with Crippen molar-refractivity contribution >= 4 is 0 Å². The zero-order valence-corrected chi connectivity index (χ0v) is 9.28. The van der Waals surface area contributed by atoms with Gasteiger partial charge in [0.2, 0.25) is 0 Å². The lowest BCUT2D eigenvalue weighted by molar-refractivity contribution is 0.174. The zero-order chi connectivity index (χ0) is 12.4. The fourth-order valence-electron chi connectivity index (χ4n) is 1.68. The smallest absolute Gasteiger partial charge is 0.129 e. The van der Waals surface area contributed by atoms with E-state index in [0.29, 0.717) is 11.3 Å². The molecule has 1 unspecified atom stereocenters. The highest BCUT2D eigenvalue weighted by atomic mass is 19.1. The predicted octanol–water partition coefficient (Wildman–Crippen LogP) is 3.14. The number of aryl methyl sites for hydroxylation is 1. The molecule has 0 aliphatic rings. The summed E-state index contributed by atoms with van der Waals surface area (Å²) in [6, 6.07) is 5.28. The van der Waals surface area contributed by atoms with Crippen LogP contribution < -0.4 is 0 Å². The standard InChI is InChI=1S/C13H12F2O2/c1-8-5-9(7-17-8)13(16)6-10-11(14)3-2-4-12(10)15/h2-5,7,13,16H,6H2,1H3. The molecule has 0 saturated carbocycles. The number of benzene rings is 1. The number of furan rings is 1. The van der Waals surface area contributed by atoms with Crippen LogP contribution in [0.2, 0.25) is 0 Å². The summed E-state index contributed by atoms with van der Waals surface area (Å²) in [6.45, 7) is 1.74. The molecule has 0 aliphatic heterocycles. The Bertz CT molecular complexity index is 500.